The van der Waals surface area contributed by atoms with Crippen LogP contribution in [0.15, 0.2) is 47.6 Å². The number of rotatable bonds is 9. The van der Waals surface area contributed by atoms with Gasteiger partial charge in [0.2, 0.25) is 5.91 Å². The molecule has 10 heteroatoms. The number of hydrogen-bond donors (Lipinski definition) is 1. The molecule has 1 amide bonds. The van der Waals surface area contributed by atoms with Gasteiger partial charge in [0.25, 0.3) is 0 Å². The molecule has 0 aliphatic carbocycles. The average Bonchev–Trinajstić information content (AvgIpc) is 3.38. The van der Waals surface area contributed by atoms with Crippen molar-refractivity contribution < 1.29 is 13.9 Å². The smallest absolute Gasteiger partial charge is 0.236 e. The van der Waals surface area contributed by atoms with E-state index in [4.69, 9.17) is 4.74 Å². The fraction of sp³-hybridized carbons (Fsp3) is 0.333. The van der Waals surface area contributed by atoms with Crippen LogP contribution in [0.5, 0.6) is 5.75 Å². The highest BCUT2D eigenvalue weighted by atomic mass is 32.2. The van der Waals surface area contributed by atoms with Crippen molar-refractivity contribution in [3.63, 3.8) is 0 Å². The molecule has 1 N–H and O–H groups in total. The normalized spacial score (nSPS) is 12.3. The molecular formula is C24H26FN5O2S2. The number of halogens is 1. The Morgan fingerprint density at radius 2 is 1.97 bits per heavy atom. The van der Waals surface area contributed by atoms with E-state index >= 15 is 0 Å². The van der Waals surface area contributed by atoms with Gasteiger partial charge in [0.15, 0.2) is 33.8 Å². The maximum absolute atomic E-state index is 14.0. The fourth-order valence-electron chi connectivity index (χ4n) is 3.45. The third-order valence-electron chi connectivity index (χ3n) is 5.00. The number of carbonyl (C=O) groups is 1. The summed E-state index contributed by atoms with van der Waals surface area (Å²) in [5, 5.41) is 12.7. The second kappa shape index (κ2) is 10.5. The van der Waals surface area contributed by atoms with Gasteiger partial charge in [-0.25, -0.2) is 9.37 Å². The number of aromatic nitrogens is 4. The van der Waals surface area contributed by atoms with E-state index in [1.54, 1.807) is 18.2 Å². The first-order chi connectivity index (χ1) is 16.3. The first-order valence-electron chi connectivity index (χ1n) is 10.9. The number of thioether (sulfide) groups is 1. The number of fused-ring (bicyclic) bond motifs is 1. The Labute approximate surface area is 205 Å². The Balaban J connectivity index is 1.45. The molecule has 2 heterocycles. The standard InChI is InChI=1S/C24H26FN5O2S2/c1-14(2)12-30-22(16(4)32-18-10-6-5-9-17(18)25)28-29-24(30)33-13-20(31)26-23-27-21-15(3)8-7-11-19(21)34-23/h5-11,14,16H,12-13H2,1-4H3,(H,26,27,31). The molecule has 1 unspecified atom stereocenters. The minimum atomic E-state index is -0.516. The lowest BCUT2D eigenvalue weighted by molar-refractivity contribution is -0.113. The van der Waals surface area contributed by atoms with Gasteiger partial charge < -0.3 is 14.6 Å². The molecule has 0 aliphatic heterocycles. The fourth-order valence-corrected chi connectivity index (χ4v) is 5.17. The van der Waals surface area contributed by atoms with Gasteiger partial charge in [0.1, 0.15) is 0 Å². The van der Waals surface area contributed by atoms with Crippen molar-refractivity contribution in [2.75, 3.05) is 11.1 Å². The van der Waals surface area contributed by atoms with Gasteiger partial charge in [-0.05, 0) is 43.5 Å². The predicted octanol–water partition coefficient (Wildman–Crippen LogP) is 5.86. The minimum Gasteiger partial charge on any atom is -0.480 e. The van der Waals surface area contributed by atoms with E-state index in [2.05, 4.69) is 34.3 Å². The second-order valence-corrected chi connectivity index (χ2v) is 10.3. The SMILES string of the molecule is Cc1cccc2sc(NC(=O)CSc3nnc(C(C)Oc4ccccc4F)n3CC(C)C)nc12. The monoisotopic (exact) mass is 499 g/mol. The number of ether oxygens (including phenoxy) is 1. The van der Waals surface area contributed by atoms with Gasteiger partial charge in [-0.2, -0.15) is 0 Å². The van der Waals surface area contributed by atoms with Crippen molar-refractivity contribution >= 4 is 44.4 Å². The van der Waals surface area contributed by atoms with Crippen LogP contribution in [0.2, 0.25) is 0 Å². The molecule has 0 aliphatic rings. The largest absolute Gasteiger partial charge is 0.480 e. The molecule has 0 bridgehead atoms. The lowest BCUT2D eigenvalue weighted by Crippen LogP contribution is -2.17. The first kappa shape index (κ1) is 24.2. The van der Waals surface area contributed by atoms with Gasteiger partial charge in [0.05, 0.1) is 16.0 Å². The molecule has 2 aromatic heterocycles. The highest BCUT2D eigenvalue weighted by Crippen LogP contribution is 2.29. The predicted molar refractivity (Wildman–Crippen MR) is 134 cm³/mol. The van der Waals surface area contributed by atoms with E-state index in [1.165, 1.54) is 29.2 Å². The number of nitrogens with zero attached hydrogens (tertiary/aromatic N) is 4. The van der Waals surface area contributed by atoms with E-state index < -0.39 is 11.9 Å². The maximum atomic E-state index is 14.0. The van der Waals surface area contributed by atoms with Crippen molar-refractivity contribution in [2.45, 2.75) is 45.5 Å². The Morgan fingerprint density at radius 1 is 1.18 bits per heavy atom. The molecular weight excluding hydrogens is 473 g/mol. The van der Waals surface area contributed by atoms with Crippen LogP contribution in [-0.2, 0) is 11.3 Å². The van der Waals surface area contributed by atoms with Gasteiger partial charge in [-0.15, -0.1) is 10.2 Å². The Hall–Kier alpha value is -2.98. The van der Waals surface area contributed by atoms with Crippen LogP contribution >= 0.6 is 23.1 Å². The minimum absolute atomic E-state index is 0.160. The summed E-state index contributed by atoms with van der Waals surface area (Å²) in [4.78, 5) is 17.1. The number of anilines is 1. The Bertz CT molecular complexity index is 1300. The molecule has 178 valence electrons. The van der Waals surface area contributed by atoms with Gasteiger partial charge in [-0.3, -0.25) is 4.79 Å². The van der Waals surface area contributed by atoms with E-state index in [1.807, 2.05) is 36.6 Å². The number of benzene rings is 2. The zero-order chi connectivity index (χ0) is 24.2. The number of nitrogens with one attached hydrogen (secondary N) is 1. The van der Waals surface area contributed by atoms with E-state index in [9.17, 15) is 9.18 Å². The summed E-state index contributed by atoms with van der Waals surface area (Å²) in [5.74, 6) is 0.622. The molecule has 0 spiro atoms. The summed E-state index contributed by atoms with van der Waals surface area (Å²) < 4.78 is 22.8. The van der Waals surface area contributed by atoms with Gasteiger partial charge in [0, 0.05) is 6.54 Å². The molecule has 0 saturated heterocycles. The zero-order valence-electron chi connectivity index (χ0n) is 19.4. The Kier molecular flexibility index (Phi) is 7.47. The summed E-state index contributed by atoms with van der Waals surface area (Å²) in [6.07, 6.45) is -0.516. The van der Waals surface area contributed by atoms with Crippen LogP contribution in [0.4, 0.5) is 9.52 Å². The van der Waals surface area contributed by atoms with Crippen LogP contribution in [-0.4, -0.2) is 31.4 Å². The first-order valence-corrected chi connectivity index (χ1v) is 12.7. The summed E-state index contributed by atoms with van der Waals surface area (Å²) in [7, 11) is 0. The summed E-state index contributed by atoms with van der Waals surface area (Å²) in [6.45, 7) is 8.63. The van der Waals surface area contributed by atoms with E-state index in [0.717, 1.165) is 15.8 Å². The van der Waals surface area contributed by atoms with E-state index in [-0.39, 0.29) is 17.4 Å². The van der Waals surface area contributed by atoms with Crippen LogP contribution in [0.1, 0.15) is 38.3 Å². The lowest BCUT2D eigenvalue weighted by Gasteiger charge is -2.18. The quantitative estimate of drug-likeness (QED) is 0.290. The van der Waals surface area contributed by atoms with Crippen molar-refractivity contribution in [2.24, 2.45) is 5.92 Å². The summed E-state index contributed by atoms with van der Waals surface area (Å²) in [5.41, 5.74) is 1.98. The molecule has 4 rings (SSSR count). The molecule has 0 radical (unpaired) electrons. The van der Waals surface area contributed by atoms with Gasteiger partial charge in [-0.1, -0.05) is 61.2 Å². The van der Waals surface area contributed by atoms with Crippen molar-refractivity contribution in [3.8, 4) is 5.75 Å². The van der Waals surface area contributed by atoms with Crippen LogP contribution in [0.3, 0.4) is 0 Å². The third-order valence-corrected chi connectivity index (χ3v) is 6.90. The average molecular weight is 500 g/mol. The van der Waals surface area contributed by atoms with E-state index in [0.29, 0.717) is 28.6 Å². The number of thiazole rings is 1. The Morgan fingerprint density at radius 3 is 2.71 bits per heavy atom. The number of amides is 1. The number of hydrogen-bond acceptors (Lipinski definition) is 7. The third kappa shape index (κ3) is 5.56. The maximum Gasteiger partial charge on any atom is 0.236 e. The highest BCUT2D eigenvalue weighted by Gasteiger charge is 2.22. The van der Waals surface area contributed by atoms with Crippen molar-refractivity contribution in [1.29, 1.82) is 0 Å². The molecule has 0 fully saturated rings. The second-order valence-electron chi connectivity index (χ2n) is 8.31. The van der Waals surface area contributed by atoms with Crippen LogP contribution < -0.4 is 10.1 Å². The molecule has 34 heavy (non-hydrogen) atoms. The van der Waals surface area contributed by atoms with Crippen LogP contribution in [0, 0.1) is 18.7 Å². The number of para-hydroxylation sites is 2. The summed E-state index contributed by atoms with van der Waals surface area (Å²) >= 11 is 2.75. The topological polar surface area (TPSA) is 81.9 Å². The molecule has 4 aromatic rings. The number of aryl methyl sites for hydroxylation is 1. The molecule has 2 aromatic carbocycles. The molecule has 1 atom stereocenters. The van der Waals surface area contributed by atoms with Crippen molar-refractivity contribution in [1.82, 2.24) is 19.7 Å². The zero-order valence-corrected chi connectivity index (χ0v) is 21.0. The molecule has 7 nitrogen and oxygen atoms in total. The highest BCUT2D eigenvalue weighted by molar-refractivity contribution is 7.99. The number of carbonyl (C=O) groups excluding carboxylic acids is 1. The lowest BCUT2D eigenvalue weighted by atomic mass is 10.2. The summed E-state index contributed by atoms with van der Waals surface area (Å²) in [6, 6.07) is 12.2. The van der Waals surface area contributed by atoms with Crippen LogP contribution in [0.25, 0.3) is 10.2 Å². The molecule has 0 saturated carbocycles. The van der Waals surface area contributed by atoms with Crippen molar-refractivity contribution in [3.05, 3.63) is 59.7 Å². The van der Waals surface area contributed by atoms with Gasteiger partial charge >= 0.3 is 0 Å².